The van der Waals surface area contributed by atoms with Crippen LogP contribution in [0.4, 0.5) is 10.1 Å². The van der Waals surface area contributed by atoms with Crippen LogP contribution < -0.4 is 11.1 Å². The van der Waals surface area contributed by atoms with Crippen molar-refractivity contribution in [1.82, 2.24) is 5.32 Å². The molecule has 0 spiro atoms. The van der Waals surface area contributed by atoms with Gasteiger partial charge in [-0.2, -0.15) is 0 Å². The van der Waals surface area contributed by atoms with E-state index in [2.05, 4.69) is 5.32 Å². The summed E-state index contributed by atoms with van der Waals surface area (Å²) in [5.74, 6) is -0.841. The van der Waals surface area contributed by atoms with Crippen molar-refractivity contribution in [3.05, 3.63) is 29.6 Å². The van der Waals surface area contributed by atoms with Gasteiger partial charge in [0.15, 0.2) is 0 Å². The Morgan fingerprint density at radius 1 is 1.39 bits per heavy atom. The van der Waals surface area contributed by atoms with E-state index >= 15 is 0 Å². The van der Waals surface area contributed by atoms with Crippen LogP contribution in [0.3, 0.4) is 0 Å². The Balaban J connectivity index is 2.30. The highest BCUT2D eigenvalue weighted by Crippen LogP contribution is 2.11. The largest absolute Gasteiger partial charge is 0.396 e. The molecule has 1 aromatic rings. The van der Waals surface area contributed by atoms with Gasteiger partial charge in [0.25, 0.3) is 5.91 Å². The molecule has 0 aliphatic rings. The predicted molar refractivity (Wildman–Crippen MR) is 65.8 cm³/mol. The van der Waals surface area contributed by atoms with E-state index in [-0.39, 0.29) is 11.6 Å². The summed E-state index contributed by atoms with van der Waals surface area (Å²) in [5, 5.41) is 2.64. The van der Waals surface area contributed by atoms with Crippen molar-refractivity contribution in [3.8, 4) is 0 Å². The molecule has 0 unspecified atom stereocenters. The Morgan fingerprint density at radius 2 is 2.17 bits per heavy atom. The van der Waals surface area contributed by atoms with Crippen LogP contribution in [0, 0.1) is 5.82 Å². The van der Waals surface area contributed by atoms with Gasteiger partial charge in [-0.25, -0.2) is 4.39 Å². The Hall–Kier alpha value is -1.66. The topological polar surface area (TPSA) is 73.6 Å². The van der Waals surface area contributed by atoms with Gasteiger partial charge >= 0.3 is 0 Å². The number of rotatable bonds is 7. The lowest BCUT2D eigenvalue weighted by Gasteiger charge is -2.07. The van der Waals surface area contributed by atoms with Crippen LogP contribution in [0.1, 0.15) is 10.4 Å². The summed E-state index contributed by atoms with van der Waals surface area (Å²) >= 11 is 0. The molecule has 0 aromatic heterocycles. The van der Waals surface area contributed by atoms with Gasteiger partial charge in [-0.15, -0.1) is 0 Å². The summed E-state index contributed by atoms with van der Waals surface area (Å²) in [5.41, 5.74) is 5.66. The maximum atomic E-state index is 12.9. The number of benzene rings is 1. The summed E-state index contributed by atoms with van der Waals surface area (Å²) in [7, 11) is 1.59. The summed E-state index contributed by atoms with van der Waals surface area (Å²) in [4.78, 5) is 11.6. The quantitative estimate of drug-likeness (QED) is 0.559. The van der Waals surface area contributed by atoms with Crippen molar-refractivity contribution in [2.75, 3.05) is 39.2 Å². The molecule has 100 valence electrons. The minimum absolute atomic E-state index is 0.0426. The number of halogens is 1. The van der Waals surface area contributed by atoms with E-state index in [1.54, 1.807) is 7.11 Å². The lowest BCUT2D eigenvalue weighted by atomic mass is 10.2. The van der Waals surface area contributed by atoms with Crippen molar-refractivity contribution < 1.29 is 18.7 Å². The zero-order valence-corrected chi connectivity index (χ0v) is 10.2. The first-order valence-corrected chi connectivity index (χ1v) is 5.55. The molecule has 0 aliphatic carbocycles. The third-order valence-electron chi connectivity index (χ3n) is 2.22. The number of hydrogen-bond donors (Lipinski definition) is 2. The molecule has 1 amide bonds. The van der Waals surface area contributed by atoms with E-state index in [0.29, 0.717) is 31.9 Å². The molecule has 0 fully saturated rings. The average Bonchev–Trinajstić information content (AvgIpc) is 2.36. The van der Waals surface area contributed by atoms with Crippen molar-refractivity contribution in [2.45, 2.75) is 0 Å². The molecule has 0 radical (unpaired) electrons. The smallest absolute Gasteiger partial charge is 0.251 e. The molecule has 0 aliphatic heterocycles. The molecule has 0 saturated heterocycles. The molecule has 6 heteroatoms. The summed E-state index contributed by atoms with van der Waals surface area (Å²) in [6, 6.07) is 3.85. The Morgan fingerprint density at radius 3 is 2.83 bits per heavy atom. The van der Waals surface area contributed by atoms with Gasteiger partial charge in [-0.3, -0.25) is 4.79 Å². The van der Waals surface area contributed by atoms with Crippen molar-refractivity contribution in [2.24, 2.45) is 0 Å². The zero-order valence-electron chi connectivity index (χ0n) is 10.2. The van der Waals surface area contributed by atoms with Gasteiger partial charge in [0.2, 0.25) is 0 Å². The third kappa shape index (κ3) is 4.68. The number of hydrogen-bond acceptors (Lipinski definition) is 4. The fraction of sp³-hybridized carbons (Fsp3) is 0.417. The molecule has 0 atom stereocenters. The highest BCUT2D eigenvalue weighted by Gasteiger charge is 2.07. The lowest BCUT2D eigenvalue weighted by Crippen LogP contribution is -2.27. The van der Waals surface area contributed by atoms with E-state index in [4.69, 9.17) is 15.2 Å². The number of nitrogens with one attached hydrogen (secondary N) is 1. The number of anilines is 1. The summed E-state index contributed by atoms with van der Waals surface area (Å²) in [6.45, 7) is 1.77. The van der Waals surface area contributed by atoms with Gasteiger partial charge in [0.1, 0.15) is 5.82 Å². The first-order chi connectivity index (χ1) is 8.65. The molecular weight excluding hydrogens is 239 g/mol. The Labute approximate surface area is 105 Å². The zero-order chi connectivity index (χ0) is 13.4. The van der Waals surface area contributed by atoms with Crippen LogP contribution in [0.2, 0.25) is 0 Å². The van der Waals surface area contributed by atoms with Gasteiger partial charge in [0.05, 0.1) is 25.5 Å². The maximum absolute atomic E-state index is 12.9. The summed E-state index contributed by atoms with van der Waals surface area (Å²) < 4.78 is 22.9. The molecular formula is C12H17FN2O3. The highest BCUT2D eigenvalue weighted by atomic mass is 19.1. The number of nitrogens with two attached hydrogens (primary N) is 1. The normalized spacial score (nSPS) is 10.3. The van der Waals surface area contributed by atoms with Crippen LogP contribution in [-0.2, 0) is 9.47 Å². The van der Waals surface area contributed by atoms with Crippen LogP contribution in [-0.4, -0.2) is 39.4 Å². The van der Waals surface area contributed by atoms with Crippen molar-refractivity contribution in [3.63, 3.8) is 0 Å². The first-order valence-electron chi connectivity index (χ1n) is 5.55. The summed E-state index contributed by atoms with van der Waals surface area (Å²) in [6.07, 6.45) is 0. The van der Waals surface area contributed by atoms with E-state index in [9.17, 15) is 9.18 Å². The van der Waals surface area contributed by atoms with Crippen LogP contribution >= 0.6 is 0 Å². The predicted octanol–water partition coefficient (Wildman–Crippen LogP) is 0.801. The van der Waals surface area contributed by atoms with E-state index in [0.717, 1.165) is 0 Å². The van der Waals surface area contributed by atoms with Crippen LogP contribution in [0.5, 0.6) is 0 Å². The SMILES string of the molecule is COCCOCCNC(=O)c1ccc(F)c(N)c1. The number of amides is 1. The second-order valence-corrected chi connectivity index (χ2v) is 3.60. The number of methoxy groups -OCH3 is 1. The maximum Gasteiger partial charge on any atom is 0.251 e. The molecule has 1 aromatic carbocycles. The molecule has 0 bridgehead atoms. The standard InChI is InChI=1S/C12H17FN2O3/c1-17-6-7-18-5-4-15-12(16)9-2-3-10(13)11(14)8-9/h2-3,8H,4-7,14H2,1H3,(H,15,16). The Kier molecular flexibility index (Phi) is 6.10. The fourth-order valence-electron chi connectivity index (χ4n) is 1.27. The monoisotopic (exact) mass is 256 g/mol. The number of carbonyl (C=O) groups excluding carboxylic acids is 1. The van der Waals surface area contributed by atoms with Gasteiger partial charge in [-0.05, 0) is 18.2 Å². The number of nitrogen functional groups attached to an aromatic ring is 1. The lowest BCUT2D eigenvalue weighted by molar-refractivity contribution is 0.0692. The minimum atomic E-state index is -0.533. The first kappa shape index (κ1) is 14.4. The molecule has 3 N–H and O–H groups in total. The molecule has 5 nitrogen and oxygen atoms in total. The fourth-order valence-corrected chi connectivity index (χ4v) is 1.27. The number of ether oxygens (including phenoxy) is 2. The average molecular weight is 256 g/mol. The van der Waals surface area contributed by atoms with Crippen molar-refractivity contribution in [1.29, 1.82) is 0 Å². The van der Waals surface area contributed by atoms with E-state index in [1.165, 1.54) is 18.2 Å². The molecule has 0 saturated carbocycles. The van der Waals surface area contributed by atoms with Crippen LogP contribution in [0.15, 0.2) is 18.2 Å². The van der Waals surface area contributed by atoms with Gasteiger partial charge < -0.3 is 20.5 Å². The van der Waals surface area contributed by atoms with Gasteiger partial charge in [-0.1, -0.05) is 0 Å². The van der Waals surface area contributed by atoms with Crippen molar-refractivity contribution >= 4 is 11.6 Å². The van der Waals surface area contributed by atoms with E-state index < -0.39 is 5.82 Å². The Bertz CT molecular complexity index is 399. The third-order valence-corrected chi connectivity index (χ3v) is 2.22. The molecule has 18 heavy (non-hydrogen) atoms. The highest BCUT2D eigenvalue weighted by molar-refractivity contribution is 5.94. The minimum Gasteiger partial charge on any atom is -0.396 e. The van der Waals surface area contributed by atoms with E-state index in [1.807, 2.05) is 0 Å². The molecule has 0 heterocycles. The van der Waals surface area contributed by atoms with Crippen LogP contribution in [0.25, 0.3) is 0 Å². The number of carbonyl (C=O) groups is 1. The second kappa shape index (κ2) is 7.62. The second-order valence-electron chi connectivity index (χ2n) is 3.60. The molecule has 1 rings (SSSR count). The van der Waals surface area contributed by atoms with Gasteiger partial charge in [0, 0.05) is 19.2 Å².